The largest absolute Gasteiger partial charge is 0.458 e. The monoisotopic (exact) mass is 201 g/mol. The summed E-state index contributed by atoms with van der Waals surface area (Å²) in [6.07, 6.45) is 0.522. The van der Waals surface area contributed by atoms with Crippen molar-refractivity contribution in [2.75, 3.05) is 0 Å². The van der Waals surface area contributed by atoms with Gasteiger partial charge in [0.1, 0.15) is 11.6 Å². The first kappa shape index (κ1) is 12.9. The smallest absolute Gasteiger partial charge is 0.329 e. The molecule has 1 atom stereocenters. The average molecular weight is 201 g/mol. The maximum Gasteiger partial charge on any atom is 0.329 e. The first-order chi connectivity index (χ1) is 6.28. The Morgan fingerprint density at radius 3 is 2.14 bits per heavy atom. The molecule has 14 heavy (non-hydrogen) atoms. The van der Waals surface area contributed by atoms with Crippen LogP contribution in [-0.4, -0.2) is 24.0 Å². The molecule has 0 saturated carbocycles. The van der Waals surface area contributed by atoms with Crippen LogP contribution in [0, 0.1) is 5.92 Å². The normalized spacial score (nSPS) is 13.6. The van der Waals surface area contributed by atoms with Crippen LogP contribution in [0.1, 0.15) is 34.6 Å². The van der Waals surface area contributed by atoms with Crippen molar-refractivity contribution in [2.45, 2.75) is 46.3 Å². The van der Waals surface area contributed by atoms with Gasteiger partial charge in [0.25, 0.3) is 0 Å². The van der Waals surface area contributed by atoms with E-state index in [0.29, 0.717) is 6.41 Å². The SMILES string of the molecule is CC(C)C(NC=O)C(=O)OC(C)(C)C. The summed E-state index contributed by atoms with van der Waals surface area (Å²) >= 11 is 0. The summed E-state index contributed by atoms with van der Waals surface area (Å²) in [5.74, 6) is -0.366. The van der Waals surface area contributed by atoms with Gasteiger partial charge in [-0.2, -0.15) is 0 Å². The lowest BCUT2D eigenvalue weighted by Gasteiger charge is -2.25. The predicted octanol–water partition coefficient (Wildman–Crippen LogP) is 1.10. The van der Waals surface area contributed by atoms with E-state index >= 15 is 0 Å². The average Bonchev–Trinajstić information content (AvgIpc) is 1.95. The number of hydrogen-bond acceptors (Lipinski definition) is 3. The molecule has 0 aromatic heterocycles. The van der Waals surface area contributed by atoms with Gasteiger partial charge in [0.05, 0.1) is 0 Å². The van der Waals surface area contributed by atoms with Gasteiger partial charge in [0.15, 0.2) is 0 Å². The van der Waals surface area contributed by atoms with Crippen molar-refractivity contribution in [3.63, 3.8) is 0 Å². The second-order valence-corrected chi connectivity index (χ2v) is 4.54. The van der Waals surface area contributed by atoms with Crippen molar-refractivity contribution in [3.05, 3.63) is 0 Å². The van der Waals surface area contributed by atoms with E-state index < -0.39 is 11.6 Å². The van der Waals surface area contributed by atoms with Crippen LogP contribution >= 0.6 is 0 Å². The summed E-state index contributed by atoms with van der Waals surface area (Å²) < 4.78 is 5.15. The van der Waals surface area contributed by atoms with Crippen LogP contribution < -0.4 is 5.32 Å². The van der Waals surface area contributed by atoms with Crippen molar-refractivity contribution in [3.8, 4) is 0 Å². The zero-order valence-corrected chi connectivity index (χ0v) is 9.46. The highest BCUT2D eigenvalue weighted by atomic mass is 16.6. The van der Waals surface area contributed by atoms with E-state index in [-0.39, 0.29) is 11.9 Å². The summed E-state index contributed by atoms with van der Waals surface area (Å²) in [5, 5.41) is 2.45. The minimum Gasteiger partial charge on any atom is -0.458 e. The van der Waals surface area contributed by atoms with E-state index in [0.717, 1.165) is 0 Å². The third kappa shape index (κ3) is 4.84. The number of esters is 1. The van der Waals surface area contributed by atoms with Gasteiger partial charge in [-0.05, 0) is 26.7 Å². The third-order valence-corrected chi connectivity index (χ3v) is 1.57. The Morgan fingerprint density at radius 2 is 1.86 bits per heavy atom. The van der Waals surface area contributed by atoms with Gasteiger partial charge < -0.3 is 10.1 Å². The Hall–Kier alpha value is -1.06. The lowest BCUT2D eigenvalue weighted by atomic mass is 10.0. The predicted molar refractivity (Wildman–Crippen MR) is 53.7 cm³/mol. The van der Waals surface area contributed by atoms with Gasteiger partial charge in [-0.3, -0.25) is 4.79 Å². The minimum atomic E-state index is -0.563. The molecule has 4 nitrogen and oxygen atoms in total. The molecule has 4 heteroatoms. The number of hydrogen-bond donors (Lipinski definition) is 1. The lowest BCUT2D eigenvalue weighted by molar-refractivity contribution is -0.159. The van der Waals surface area contributed by atoms with E-state index in [1.165, 1.54) is 0 Å². The molecule has 0 aliphatic carbocycles. The van der Waals surface area contributed by atoms with E-state index in [9.17, 15) is 9.59 Å². The van der Waals surface area contributed by atoms with Gasteiger partial charge in [-0.1, -0.05) is 13.8 Å². The van der Waals surface area contributed by atoms with Gasteiger partial charge in [-0.25, -0.2) is 4.79 Å². The molecule has 0 radical (unpaired) electrons. The molecular weight excluding hydrogens is 182 g/mol. The molecule has 1 amide bonds. The first-order valence-corrected chi connectivity index (χ1v) is 4.70. The van der Waals surface area contributed by atoms with Crippen molar-refractivity contribution >= 4 is 12.4 Å². The van der Waals surface area contributed by atoms with Gasteiger partial charge in [-0.15, -0.1) is 0 Å². The van der Waals surface area contributed by atoms with E-state index in [1.54, 1.807) is 20.8 Å². The number of carbonyl (C=O) groups excluding carboxylic acids is 2. The molecule has 0 bridgehead atoms. The topological polar surface area (TPSA) is 55.4 Å². The second kappa shape index (κ2) is 4.98. The fourth-order valence-electron chi connectivity index (χ4n) is 0.971. The standard InChI is InChI=1S/C10H19NO3/c1-7(2)8(11-6-12)9(13)14-10(3,4)5/h6-8H,1-5H3,(H,11,12). The molecule has 0 aromatic carbocycles. The summed E-state index contributed by atoms with van der Waals surface area (Å²) in [5.41, 5.74) is -0.519. The van der Waals surface area contributed by atoms with Crippen molar-refractivity contribution < 1.29 is 14.3 Å². The van der Waals surface area contributed by atoms with Crippen molar-refractivity contribution in [1.82, 2.24) is 5.32 Å². The van der Waals surface area contributed by atoms with Gasteiger partial charge >= 0.3 is 5.97 Å². The highest BCUT2D eigenvalue weighted by molar-refractivity contribution is 5.78. The Kier molecular flexibility index (Phi) is 4.60. The molecule has 0 aromatic rings. The van der Waals surface area contributed by atoms with E-state index in [4.69, 9.17) is 4.74 Å². The van der Waals surface area contributed by atoms with Gasteiger partial charge in [0.2, 0.25) is 6.41 Å². The zero-order chi connectivity index (χ0) is 11.4. The number of carbonyl (C=O) groups is 2. The van der Waals surface area contributed by atoms with E-state index in [2.05, 4.69) is 5.32 Å². The maximum atomic E-state index is 11.5. The molecule has 0 aliphatic rings. The quantitative estimate of drug-likeness (QED) is 0.547. The Balaban J connectivity index is 4.37. The summed E-state index contributed by atoms with van der Waals surface area (Å²) in [6, 6.07) is -0.563. The molecule has 0 rings (SSSR count). The third-order valence-electron chi connectivity index (χ3n) is 1.57. The van der Waals surface area contributed by atoms with Crippen LogP contribution in [0.5, 0.6) is 0 Å². The molecule has 1 N–H and O–H groups in total. The van der Waals surface area contributed by atoms with Crippen LogP contribution in [0.25, 0.3) is 0 Å². The number of ether oxygens (including phenoxy) is 1. The summed E-state index contributed by atoms with van der Waals surface area (Å²) in [4.78, 5) is 21.8. The fraction of sp³-hybridized carbons (Fsp3) is 0.800. The highest BCUT2D eigenvalue weighted by Crippen LogP contribution is 2.11. The van der Waals surface area contributed by atoms with Crippen LogP contribution in [0.2, 0.25) is 0 Å². The Labute approximate surface area is 85.0 Å². The minimum absolute atomic E-state index is 0.0232. The van der Waals surface area contributed by atoms with Gasteiger partial charge in [0, 0.05) is 0 Å². The summed E-state index contributed by atoms with van der Waals surface area (Å²) in [6.45, 7) is 9.09. The Morgan fingerprint density at radius 1 is 1.36 bits per heavy atom. The molecule has 82 valence electrons. The van der Waals surface area contributed by atoms with Crippen LogP contribution in [0.3, 0.4) is 0 Å². The maximum absolute atomic E-state index is 11.5. The molecule has 0 heterocycles. The van der Waals surface area contributed by atoms with Crippen molar-refractivity contribution in [1.29, 1.82) is 0 Å². The molecule has 0 saturated heterocycles. The first-order valence-electron chi connectivity index (χ1n) is 4.70. The van der Waals surface area contributed by atoms with Crippen molar-refractivity contribution in [2.24, 2.45) is 5.92 Å². The second-order valence-electron chi connectivity index (χ2n) is 4.54. The lowest BCUT2D eigenvalue weighted by Crippen LogP contribution is -2.44. The number of nitrogens with one attached hydrogen (secondary N) is 1. The Bertz CT molecular complexity index is 206. The highest BCUT2D eigenvalue weighted by Gasteiger charge is 2.26. The summed E-state index contributed by atoms with van der Waals surface area (Å²) in [7, 11) is 0. The van der Waals surface area contributed by atoms with Crippen LogP contribution in [-0.2, 0) is 14.3 Å². The molecule has 0 aliphatic heterocycles. The van der Waals surface area contributed by atoms with Crippen LogP contribution in [0.4, 0.5) is 0 Å². The van der Waals surface area contributed by atoms with E-state index in [1.807, 2.05) is 13.8 Å². The number of amides is 1. The molecule has 0 fully saturated rings. The zero-order valence-electron chi connectivity index (χ0n) is 9.46. The molecule has 1 unspecified atom stereocenters. The number of rotatable bonds is 4. The van der Waals surface area contributed by atoms with Crippen LogP contribution in [0.15, 0.2) is 0 Å². The fourth-order valence-corrected chi connectivity index (χ4v) is 0.971. The molecule has 0 spiro atoms. The molecular formula is C10H19NO3.